The van der Waals surface area contributed by atoms with Crippen LogP contribution in [0.3, 0.4) is 0 Å². The van der Waals surface area contributed by atoms with Crippen molar-refractivity contribution in [2.75, 3.05) is 4.90 Å². The van der Waals surface area contributed by atoms with Crippen LogP contribution in [-0.2, 0) is 0 Å². The van der Waals surface area contributed by atoms with Gasteiger partial charge in [0.2, 0.25) is 0 Å². The molecule has 0 aliphatic carbocycles. The number of fused-ring (bicyclic) bond motifs is 1. The van der Waals surface area contributed by atoms with Crippen molar-refractivity contribution in [1.82, 2.24) is 0 Å². The number of hydrogen-bond donors (Lipinski definition) is 0. The molecule has 0 spiro atoms. The number of nitrogens with zero attached hydrogens (tertiary/aromatic N) is 1. The second-order valence-corrected chi connectivity index (χ2v) is 5.10. The molecule has 0 fully saturated rings. The van der Waals surface area contributed by atoms with Gasteiger partial charge in [-0.25, -0.2) is 0 Å². The van der Waals surface area contributed by atoms with Gasteiger partial charge in [0, 0.05) is 16.8 Å². The maximum atomic E-state index is 5.53. The van der Waals surface area contributed by atoms with Crippen molar-refractivity contribution in [1.29, 1.82) is 0 Å². The van der Waals surface area contributed by atoms with Gasteiger partial charge in [-0.15, -0.1) is 0 Å². The molecule has 0 bridgehead atoms. The average Bonchev–Trinajstić information content (AvgIpc) is 2.64. The third-order valence-electron chi connectivity index (χ3n) is 3.09. The summed E-state index contributed by atoms with van der Waals surface area (Å²) in [7, 11) is 0. The van der Waals surface area contributed by atoms with E-state index in [1.165, 1.54) is 5.56 Å². The van der Waals surface area contributed by atoms with Crippen molar-refractivity contribution in [2.24, 2.45) is 0 Å². The molecule has 0 saturated carbocycles. The Balaban J connectivity index is 2.09. The third-order valence-corrected chi connectivity index (χ3v) is 3.89. The SMILES string of the molecule is Cc1ccc(N2C(=S)c3ccccc3C2=S)cc1. The maximum Gasteiger partial charge on any atom is 0.119 e. The Bertz CT molecular complexity index is 609. The van der Waals surface area contributed by atoms with Crippen molar-refractivity contribution in [3.63, 3.8) is 0 Å². The molecule has 18 heavy (non-hydrogen) atoms. The van der Waals surface area contributed by atoms with E-state index < -0.39 is 0 Å². The molecule has 0 aromatic heterocycles. The van der Waals surface area contributed by atoms with Crippen molar-refractivity contribution >= 4 is 40.1 Å². The van der Waals surface area contributed by atoms with Gasteiger partial charge in [-0.1, -0.05) is 66.4 Å². The highest BCUT2D eigenvalue weighted by Gasteiger charge is 2.29. The van der Waals surface area contributed by atoms with Gasteiger partial charge < -0.3 is 0 Å². The first-order chi connectivity index (χ1) is 8.68. The lowest BCUT2D eigenvalue weighted by molar-refractivity contribution is 1.43. The van der Waals surface area contributed by atoms with E-state index in [0.29, 0.717) is 0 Å². The van der Waals surface area contributed by atoms with Crippen molar-refractivity contribution in [3.8, 4) is 0 Å². The Kier molecular flexibility index (Phi) is 2.73. The fourth-order valence-electron chi connectivity index (χ4n) is 2.12. The molecule has 2 aromatic carbocycles. The Morgan fingerprint density at radius 1 is 0.778 bits per heavy atom. The van der Waals surface area contributed by atoms with E-state index in [0.717, 1.165) is 26.8 Å². The number of benzene rings is 2. The molecule has 0 N–H and O–H groups in total. The summed E-state index contributed by atoms with van der Waals surface area (Å²) in [5, 5.41) is 0. The van der Waals surface area contributed by atoms with Gasteiger partial charge in [-0.05, 0) is 19.1 Å². The quantitative estimate of drug-likeness (QED) is 0.724. The first kappa shape index (κ1) is 11.5. The van der Waals surface area contributed by atoms with E-state index in [1.807, 2.05) is 29.2 Å². The highest BCUT2D eigenvalue weighted by molar-refractivity contribution is 7.83. The summed E-state index contributed by atoms with van der Waals surface area (Å²) < 4.78 is 0. The van der Waals surface area contributed by atoms with Gasteiger partial charge in [-0.3, -0.25) is 4.90 Å². The topological polar surface area (TPSA) is 3.24 Å². The second-order valence-electron chi connectivity index (χ2n) is 4.33. The van der Waals surface area contributed by atoms with Gasteiger partial charge in [0.15, 0.2) is 0 Å². The lowest BCUT2D eigenvalue weighted by Crippen LogP contribution is -2.27. The van der Waals surface area contributed by atoms with Crippen LogP contribution in [0.4, 0.5) is 5.69 Å². The zero-order valence-electron chi connectivity index (χ0n) is 9.88. The summed E-state index contributed by atoms with van der Waals surface area (Å²) in [6.45, 7) is 2.07. The fourth-order valence-corrected chi connectivity index (χ4v) is 2.92. The van der Waals surface area contributed by atoms with E-state index in [4.69, 9.17) is 24.4 Å². The molecule has 0 radical (unpaired) electrons. The lowest BCUT2D eigenvalue weighted by Gasteiger charge is -2.18. The van der Waals surface area contributed by atoms with Crippen LogP contribution in [0.25, 0.3) is 0 Å². The molecule has 0 unspecified atom stereocenters. The Labute approximate surface area is 117 Å². The van der Waals surface area contributed by atoms with E-state index in [9.17, 15) is 0 Å². The molecule has 1 aliphatic rings. The molecule has 3 rings (SSSR count). The Morgan fingerprint density at radius 3 is 1.78 bits per heavy atom. The summed E-state index contributed by atoms with van der Waals surface area (Å²) in [5.74, 6) is 0. The molecule has 88 valence electrons. The minimum Gasteiger partial charge on any atom is -0.291 e. The van der Waals surface area contributed by atoms with Crippen LogP contribution < -0.4 is 4.90 Å². The van der Waals surface area contributed by atoms with E-state index in [2.05, 4.69) is 31.2 Å². The predicted octanol–water partition coefficient (Wildman–Crippen LogP) is 3.87. The van der Waals surface area contributed by atoms with Gasteiger partial charge in [0.05, 0.1) is 0 Å². The summed E-state index contributed by atoms with van der Waals surface area (Å²) in [6, 6.07) is 16.3. The first-order valence-electron chi connectivity index (χ1n) is 5.73. The van der Waals surface area contributed by atoms with Gasteiger partial charge in [0.1, 0.15) is 9.98 Å². The zero-order chi connectivity index (χ0) is 12.7. The number of anilines is 1. The molecule has 0 atom stereocenters. The molecular weight excluding hydrogens is 258 g/mol. The molecule has 1 heterocycles. The van der Waals surface area contributed by atoms with Crippen molar-refractivity contribution in [2.45, 2.75) is 6.92 Å². The van der Waals surface area contributed by atoms with Crippen LogP contribution in [0.2, 0.25) is 0 Å². The molecule has 1 nitrogen and oxygen atoms in total. The molecule has 2 aromatic rings. The second kappa shape index (κ2) is 4.26. The highest BCUT2D eigenvalue weighted by Crippen LogP contribution is 2.29. The number of hydrogen-bond acceptors (Lipinski definition) is 2. The molecule has 0 saturated heterocycles. The number of thiocarbonyl (C=S) groups is 2. The fraction of sp³-hybridized carbons (Fsp3) is 0.0667. The Morgan fingerprint density at radius 2 is 1.28 bits per heavy atom. The summed E-state index contributed by atoms with van der Waals surface area (Å²) in [4.78, 5) is 3.55. The Hall–Kier alpha value is -1.58. The zero-order valence-corrected chi connectivity index (χ0v) is 11.5. The summed E-state index contributed by atoms with van der Waals surface area (Å²) in [6.07, 6.45) is 0. The largest absolute Gasteiger partial charge is 0.291 e. The summed E-state index contributed by atoms with van der Waals surface area (Å²) >= 11 is 11.1. The highest BCUT2D eigenvalue weighted by atomic mass is 32.1. The van der Waals surface area contributed by atoms with Crippen LogP contribution >= 0.6 is 24.4 Å². The number of rotatable bonds is 1. The van der Waals surface area contributed by atoms with Crippen LogP contribution in [0.5, 0.6) is 0 Å². The van der Waals surface area contributed by atoms with E-state index >= 15 is 0 Å². The standard InChI is InChI=1S/C15H11NS2/c1-10-6-8-11(9-7-10)16-14(17)12-4-2-3-5-13(12)15(16)18/h2-9H,1H3. The van der Waals surface area contributed by atoms with Gasteiger partial charge in [0.25, 0.3) is 0 Å². The number of aryl methyl sites for hydroxylation is 1. The molecule has 0 amide bonds. The molecular formula is C15H11NS2. The minimum atomic E-state index is 0.791. The lowest BCUT2D eigenvalue weighted by atomic mass is 10.1. The summed E-state index contributed by atoms with van der Waals surface area (Å²) in [5.41, 5.74) is 4.37. The van der Waals surface area contributed by atoms with Crippen molar-refractivity contribution in [3.05, 3.63) is 65.2 Å². The smallest absolute Gasteiger partial charge is 0.119 e. The van der Waals surface area contributed by atoms with Crippen molar-refractivity contribution < 1.29 is 0 Å². The van der Waals surface area contributed by atoms with Crippen LogP contribution in [0.15, 0.2) is 48.5 Å². The first-order valence-corrected chi connectivity index (χ1v) is 6.54. The normalized spacial score (nSPS) is 13.9. The monoisotopic (exact) mass is 269 g/mol. The molecule has 3 heteroatoms. The van der Waals surface area contributed by atoms with Crippen LogP contribution in [-0.4, -0.2) is 9.98 Å². The molecule has 1 aliphatic heterocycles. The van der Waals surface area contributed by atoms with Crippen LogP contribution in [0, 0.1) is 6.92 Å². The van der Waals surface area contributed by atoms with Gasteiger partial charge in [-0.2, -0.15) is 0 Å². The van der Waals surface area contributed by atoms with Crippen LogP contribution in [0.1, 0.15) is 16.7 Å². The van der Waals surface area contributed by atoms with E-state index in [-0.39, 0.29) is 0 Å². The average molecular weight is 269 g/mol. The predicted molar refractivity (Wildman–Crippen MR) is 83.5 cm³/mol. The van der Waals surface area contributed by atoms with E-state index in [1.54, 1.807) is 0 Å². The minimum absolute atomic E-state index is 0.791. The van der Waals surface area contributed by atoms with Gasteiger partial charge >= 0.3 is 0 Å². The third kappa shape index (κ3) is 1.67. The maximum absolute atomic E-state index is 5.53.